The van der Waals surface area contributed by atoms with Crippen molar-refractivity contribution in [1.82, 2.24) is 10.2 Å². The Bertz CT molecular complexity index is 321. The highest BCUT2D eigenvalue weighted by Gasteiger charge is 2.29. The minimum absolute atomic E-state index is 0.0629. The van der Waals surface area contributed by atoms with Gasteiger partial charge in [-0.3, -0.25) is 4.79 Å². The molecule has 1 rings (SSSR count). The lowest BCUT2D eigenvalue weighted by Gasteiger charge is -2.31. The third-order valence-corrected chi connectivity index (χ3v) is 2.77. The highest BCUT2D eigenvalue weighted by Crippen LogP contribution is 2.16. The summed E-state index contributed by atoms with van der Waals surface area (Å²) in [5.41, 5.74) is -0.492. The molecule has 1 atom stereocenters. The fourth-order valence-corrected chi connectivity index (χ4v) is 1.89. The summed E-state index contributed by atoms with van der Waals surface area (Å²) in [6.07, 6.45) is 0.184. The molecule has 1 heterocycles. The number of carbonyl (C=O) groups is 2. The van der Waals surface area contributed by atoms with Gasteiger partial charge in [-0.25, -0.2) is 4.79 Å². The zero-order valence-corrected chi connectivity index (χ0v) is 11.9. The number of nitrogens with zero attached hydrogens (tertiary/aromatic N) is 1. The molecule has 1 aliphatic heterocycles. The van der Waals surface area contributed by atoms with Crippen LogP contribution in [0.15, 0.2) is 0 Å². The number of hydrogen-bond donors (Lipinski definition) is 1. The van der Waals surface area contributed by atoms with Crippen LogP contribution in [0.5, 0.6) is 0 Å². The van der Waals surface area contributed by atoms with Gasteiger partial charge in [-0.1, -0.05) is 0 Å². The maximum atomic E-state index is 12.1. The Balaban J connectivity index is 2.59. The van der Waals surface area contributed by atoms with E-state index in [9.17, 15) is 9.59 Å². The van der Waals surface area contributed by atoms with Gasteiger partial charge in [-0.2, -0.15) is 0 Å². The van der Waals surface area contributed by atoms with Crippen LogP contribution in [0.25, 0.3) is 0 Å². The maximum absolute atomic E-state index is 12.1. The quantitative estimate of drug-likeness (QED) is 0.837. The molecule has 0 aliphatic carbocycles. The molecular weight excluding hydrogens is 232 g/mol. The van der Waals surface area contributed by atoms with Crippen LogP contribution in [0.2, 0.25) is 0 Å². The van der Waals surface area contributed by atoms with Crippen molar-refractivity contribution in [3.63, 3.8) is 0 Å². The minimum Gasteiger partial charge on any atom is -0.444 e. The highest BCUT2D eigenvalue weighted by molar-refractivity contribution is 5.78. The molecule has 5 nitrogen and oxygen atoms in total. The van der Waals surface area contributed by atoms with Crippen molar-refractivity contribution in [3.05, 3.63) is 0 Å². The van der Waals surface area contributed by atoms with Gasteiger partial charge in [0.2, 0.25) is 5.91 Å². The van der Waals surface area contributed by atoms with E-state index in [0.717, 1.165) is 0 Å². The standard InChI is InChI=1S/C13H24N2O3/c1-9(2)15(12(17)18-13(3,4)5)8-10-6-11(16)14-7-10/h9-10H,6-8H2,1-5H3,(H,14,16). The van der Waals surface area contributed by atoms with Crippen LogP contribution >= 0.6 is 0 Å². The molecule has 1 aliphatic rings. The van der Waals surface area contributed by atoms with Gasteiger partial charge in [0.15, 0.2) is 0 Å². The molecule has 0 radical (unpaired) electrons. The Hall–Kier alpha value is -1.26. The monoisotopic (exact) mass is 256 g/mol. The van der Waals surface area contributed by atoms with E-state index in [4.69, 9.17) is 4.74 Å². The minimum atomic E-state index is -0.492. The molecule has 18 heavy (non-hydrogen) atoms. The van der Waals surface area contributed by atoms with Crippen molar-refractivity contribution in [3.8, 4) is 0 Å². The van der Waals surface area contributed by atoms with Gasteiger partial charge >= 0.3 is 6.09 Å². The molecule has 5 heteroatoms. The summed E-state index contributed by atoms with van der Waals surface area (Å²) in [4.78, 5) is 24.9. The van der Waals surface area contributed by atoms with Crippen molar-refractivity contribution in [2.45, 2.75) is 52.7 Å². The molecule has 0 bridgehead atoms. The van der Waals surface area contributed by atoms with Crippen molar-refractivity contribution < 1.29 is 14.3 Å². The lowest BCUT2D eigenvalue weighted by Crippen LogP contribution is -2.43. The maximum Gasteiger partial charge on any atom is 0.410 e. The molecule has 0 aromatic rings. The number of nitrogens with one attached hydrogen (secondary N) is 1. The Morgan fingerprint density at radius 3 is 2.50 bits per heavy atom. The number of hydrogen-bond acceptors (Lipinski definition) is 3. The van der Waals surface area contributed by atoms with Crippen LogP contribution in [0.4, 0.5) is 4.79 Å². The second-order valence-electron chi connectivity index (χ2n) is 6.10. The van der Waals surface area contributed by atoms with E-state index in [1.807, 2.05) is 34.6 Å². The molecular formula is C13H24N2O3. The van der Waals surface area contributed by atoms with Crippen molar-refractivity contribution in [2.24, 2.45) is 5.92 Å². The number of amides is 2. The average Bonchev–Trinajstić information content (AvgIpc) is 2.57. The Morgan fingerprint density at radius 2 is 2.11 bits per heavy atom. The van der Waals surface area contributed by atoms with E-state index >= 15 is 0 Å². The SMILES string of the molecule is CC(C)N(CC1CNC(=O)C1)C(=O)OC(C)(C)C. The highest BCUT2D eigenvalue weighted by atomic mass is 16.6. The lowest BCUT2D eigenvalue weighted by molar-refractivity contribution is -0.119. The zero-order valence-electron chi connectivity index (χ0n) is 11.9. The first-order chi connectivity index (χ1) is 8.19. The van der Waals surface area contributed by atoms with Crippen LogP contribution in [-0.4, -0.2) is 41.6 Å². The van der Waals surface area contributed by atoms with E-state index in [0.29, 0.717) is 19.5 Å². The van der Waals surface area contributed by atoms with Crippen LogP contribution < -0.4 is 5.32 Å². The summed E-state index contributed by atoms with van der Waals surface area (Å²) >= 11 is 0. The van der Waals surface area contributed by atoms with E-state index in [1.54, 1.807) is 4.90 Å². The van der Waals surface area contributed by atoms with Gasteiger partial charge in [0.05, 0.1) is 0 Å². The first-order valence-electron chi connectivity index (χ1n) is 6.45. The molecule has 104 valence electrons. The lowest BCUT2D eigenvalue weighted by atomic mass is 10.1. The Morgan fingerprint density at radius 1 is 1.50 bits per heavy atom. The predicted octanol–water partition coefficient (Wildman–Crippen LogP) is 1.77. The fraction of sp³-hybridized carbons (Fsp3) is 0.846. The smallest absolute Gasteiger partial charge is 0.410 e. The normalized spacial score (nSPS) is 19.9. The van der Waals surface area contributed by atoms with Gasteiger partial charge in [-0.15, -0.1) is 0 Å². The van der Waals surface area contributed by atoms with Gasteiger partial charge in [0.1, 0.15) is 5.60 Å². The summed E-state index contributed by atoms with van der Waals surface area (Å²) in [6.45, 7) is 10.7. The van der Waals surface area contributed by atoms with Gasteiger partial charge in [0, 0.05) is 31.5 Å². The van der Waals surface area contributed by atoms with Crippen LogP contribution in [0.1, 0.15) is 41.0 Å². The predicted molar refractivity (Wildman–Crippen MR) is 69.2 cm³/mol. The van der Waals surface area contributed by atoms with E-state index < -0.39 is 5.60 Å². The van der Waals surface area contributed by atoms with Gasteiger partial charge in [0.25, 0.3) is 0 Å². The zero-order chi connectivity index (χ0) is 13.9. The Kier molecular flexibility index (Phi) is 4.59. The summed E-state index contributed by atoms with van der Waals surface area (Å²) in [5.74, 6) is 0.250. The third-order valence-electron chi connectivity index (χ3n) is 2.77. The molecule has 0 aromatic heterocycles. The fourth-order valence-electron chi connectivity index (χ4n) is 1.89. The van der Waals surface area contributed by atoms with Crippen LogP contribution in [0.3, 0.4) is 0 Å². The molecule has 1 saturated heterocycles. The topological polar surface area (TPSA) is 58.6 Å². The molecule has 1 fully saturated rings. The summed E-state index contributed by atoms with van der Waals surface area (Å²) < 4.78 is 5.38. The molecule has 0 aromatic carbocycles. The van der Waals surface area contributed by atoms with Crippen LogP contribution in [-0.2, 0) is 9.53 Å². The molecule has 0 saturated carbocycles. The van der Waals surface area contributed by atoms with Crippen LogP contribution in [0, 0.1) is 5.92 Å². The van der Waals surface area contributed by atoms with Crippen molar-refractivity contribution in [1.29, 1.82) is 0 Å². The third kappa shape index (κ3) is 4.55. The molecule has 0 spiro atoms. The van der Waals surface area contributed by atoms with Crippen molar-refractivity contribution >= 4 is 12.0 Å². The largest absolute Gasteiger partial charge is 0.444 e. The second kappa shape index (κ2) is 5.59. The van der Waals surface area contributed by atoms with E-state index in [1.165, 1.54) is 0 Å². The van der Waals surface area contributed by atoms with Gasteiger partial charge < -0.3 is 15.0 Å². The second-order valence-corrected chi connectivity index (χ2v) is 6.10. The summed E-state index contributed by atoms with van der Waals surface area (Å²) in [6, 6.07) is 0.0653. The number of carbonyl (C=O) groups excluding carboxylic acids is 2. The van der Waals surface area contributed by atoms with Gasteiger partial charge in [-0.05, 0) is 34.6 Å². The number of rotatable bonds is 3. The number of ether oxygens (including phenoxy) is 1. The molecule has 2 amide bonds. The summed E-state index contributed by atoms with van der Waals surface area (Å²) in [5, 5.41) is 2.78. The molecule has 1 N–H and O–H groups in total. The van der Waals surface area contributed by atoms with E-state index in [-0.39, 0.29) is 24.0 Å². The van der Waals surface area contributed by atoms with Crippen molar-refractivity contribution in [2.75, 3.05) is 13.1 Å². The average molecular weight is 256 g/mol. The van der Waals surface area contributed by atoms with E-state index in [2.05, 4.69) is 5.32 Å². The molecule has 1 unspecified atom stereocenters. The summed E-state index contributed by atoms with van der Waals surface area (Å²) in [7, 11) is 0. The first kappa shape index (κ1) is 14.8. The first-order valence-corrected chi connectivity index (χ1v) is 6.45. The Labute approximate surface area is 109 Å².